The second kappa shape index (κ2) is 7.77. The van der Waals surface area contributed by atoms with Crippen LogP contribution in [0.1, 0.15) is 73.1 Å². The summed E-state index contributed by atoms with van der Waals surface area (Å²) < 4.78 is 19.9. The van der Waals surface area contributed by atoms with Crippen LogP contribution in [0.25, 0.3) is 0 Å². The van der Waals surface area contributed by atoms with Crippen molar-refractivity contribution in [1.29, 1.82) is 0 Å². The van der Waals surface area contributed by atoms with E-state index in [1.807, 2.05) is 0 Å². The van der Waals surface area contributed by atoms with Crippen LogP contribution in [0.15, 0.2) is 0 Å². The average molecular weight is 455 g/mol. The SMILES string of the molecule is C[C@@H]1CC[C@@]23CC[C@H](O)[C@H]2[C@]1(CO)[C@H](O[Si](C)(C)C(C)(C)C)CC1(C[C@@H]3C)OCCO1. The Morgan fingerprint density at radius 2 is 1.61 bits per heavy atom. The van der Waals surface area contributed by atoms with E-state index >= 15 is 0 Å². The number of aliphatic hydroxyl groups excluding tert-OH is 2. The van der Waals surface area contributed by atoms with Crippen LogP contribution in [0, 0.1) is 28.6 Å². The topological polar surface area (TPSA) is 68.2 Å². The zero-order chi connectivity index (χ0) is 22.9. The van der Waals surface area contributed by atoms with Gasteiger partial charge in [-0.15, -0.1) is 0 Å². The lowest BCUT2D eigenvalue weighted by Crippen LogP contribution is -2.66. The minimum atomic E-state index is -2.14. The van der Waals surface area contributed by atoms with Crippen molar-refractivity contribution < 1.29 is 24.1 Å². The lowest BCUT2D eigenvalue weighted by atomic mass is 9.45. The van der Waals surface area contributed by atoms with E-state index in [0.29, 0.717) is 25.6 Å². The molecule has 7 atom stereocenters. The van der Waals surface area contributed by atoms with Crippen LogP contribution in [-0.4, -0.2) is 56.3 Å². The highest BCUT2D eigenvalue weighted by Gasteiger charge is 2.69. The Morgan fingerprint density at radius 3 is 2.19 bits per heavy atom. The van der Waals surface area contributed by atoms with Crippen LogP contribution in [0.4, 0.5) is 0 Å². The van der Waals surface area contributed by atoms with Crippen LogP contribution in [-0.2, 0) is 13.9 Å². The molecule has 1 heterocycles. The van der Waals surface area contributed by atoms with Gasteiger partial charge in [0, 0.05) is 24.2 Å². The standard InChI is InChI=1S/C25H46O5Si/c1-17-8-10-23-11-9-19(27)21(23)25(17,16-26)20(30-31(6,7)22(3,4)5)15-24(14-18(23)2)28-12-13-29-24/h17-21,26-27H,8-16H2,1-7H3/t17-,18+,19+,20-,21-,23+,25+/m1/s1. The number of rotatable bonds is 3. The predicted octanol–water partition coefficient (Wildman–Crippen LogP) is 4.72. The summed E-state index contributed by atoms with van der Waals surface area (Å²) in [5.74, 6) is 0.0919. The molecule has 1 saturated heterocycles. The van der Waals surface area contributed by atoms with Gasteiger partial charge in [-0.3, -0.25) is 0 Å². The molecule has 0 unspecified atom stereocenters. The number of aliphatic hydroxyl groups is 2. The summed E-state index contributed by atoms with van der Waals surface area (Å²) in [6.07, 6.45) is 4.99. The highest BCUT2D eigenvalue weighted by molar-refractivity contribution is 6.74. The molecule has 3 aliphatic carbocycles. The van der Waals surface area contributed by atoms with Gasteiger partial charge in [0.2, 0.25) is 0 Å². The quantitative estimate of drug-likeness (QED) is 0.604. The molecule has 0 amide bonds. The fourth-order valence-electron chi connectivity index (χ4n) is 7.67. The van der Waals surface area contributed by atoms with Gasteiger partial charge < -0.3 is 24.1 Å². The molecule has 1 spiro atoms. The number of hydrogen-bond acceptors (Lipinski definition) is 5. The van der Waals surface area contributed by atoms with Crippen molar-refractivity contribution in [3.63, 3.8) is 0 Å². The summed E-state index contributed by atoms with van der Waals surface area (Å²) in [5, 5.41) is 22.6. The van der Waals surface area contributed by atoms with Gasteiger partial charge in [-0.1, -0.05) is 34.6 Å². The zero-order valence-electron chi connectivity index (χ0n) is 20.9. The summed E-state index contributed by atoms with van der Waals surface area (Å²) in [6.45, 7) is 17.3. The van der Waals surface area contributed by atoms with E-state index in [-0.39, 0.29) is 41.1 Å². The number of hydrogen-bond donors (Lipinski definition) is 2. The van der Waals surface area contributed by atoms with Crippen molar-refractivity contribution in [2.45, 2.75) is 109 Å². The monoisotopic (exact) mass is 454 g/mol. The van der Waals surface area contributed by atoms with Gasteiger partial charge in [0.15, 0.2) is 14.1 Å². The fraction of sp³-hybridized carbons (Fsp3) is 1.00. The highest BCUT2D eigenvalue weighted by Crippen LogP contribution is 2.69. The molecule has 1 aliphatic heterocycles. The molecule has 0 aromatic rings. The first-order valence-electron chi connectivity index (χ1n) is 12.6. The first-order chi connectivity index (χ1) is 14.3. The Balaban J connectivity index is 1.88. The third-order valence-electron chi connectivity index (χ3n) is 10.5. The summed E-state index contributed by atoms with van der Waals surface area (Å²) in [5.41, 5.74) is -0.451. The normalized spacial score (nSPS) is 45.4. The van der Waals surface area contributed by atoms with Crippen LogP contribution < -0.4 is 0 Å². The lowest BCUT2D eigenvalue weighted by molar-refractivity contribution is -0.259. The molecule has 5 nitrogen and oxygen atoms in total. The summed E-state index contributed by atoms with van der Waals surface area (Å²) >= 11 is 0. The molecule has 4 fully saturated rings. The molecule has 180 valence electrons. The summed E-state index contributed by atoms with van der Waals surface area (Å²) in [4.78, 5) is 0. The van der Waals surface area contributed by atoms with Gasteiger partial charge in [0.05, 0.1) is 32.0 Å². The molecular weight excluding hydrogens is 408 g/mol. The average Bonchev–Trinajstić information content (AvgIpc) is 3.26. The first kappa shape index (κ1) is 24.2. The molecule has 4 rings (SSSR count). The van der Waals surface area contributed by atoms with Gasteiger partial charge in [-0.2, -0.15) is 0 Å². The van der Waals surface area contributed by atoms with Crippen molar-refractivity contribution in [1.82, 2.24) is 0 Å². The molecule has 2 bridgehead atoms. The highest BCUT2D eigenvalue weighted by atomic mass is 28.4. The summed E-state index contributed by atoms with van der Waals surface area (Å²) in [6, 6.07) is 0. The smallest absolute Gasteiger partial charge is 0.192 e. The Hall–Kier alpha value is 0.0169. The molecule has 6 heteroatoms. The van der Waals surface area contributed by atoms with Gasteiger partial charge >= 0.3 is 0 Å². The van der Waals surface area contributed by atoms with E-state index in [4.69, 9.17) is 13.9 Å². The van der Waals surface area contributed by atoms with Crippen molar-refractivity contribution >= 4 is 8.32 Å². The summed E-state index contributed by atoms with van der Waals surface area (Å²) in [7, 11) is -2.14. The van der Waals surface area contributed by atoms with E-state index in [0.717, 1.165) is 32.1 Å². The van der Waals surface area contributed by atoms with Crippen LogP contribution in [0.2, 0.25) is 18.1 Å². The Bertz CT molecular complexity index is 669. The van der Waals surface area contributed by atoms with Crippen molar-refractivity contribution in [2.75, 3.05) is 19.8 Å². The molecule has 0 aromatic heterocycles. The van der Waals surface area contributed by atoms with E-state index in [1.54, 1.807) is 0 Å². The molecular formula is C25H46O5Si. The largest absolute Gasteiger partial charge is 0.413 e. The van der Waals surface area contributed by atoms with Crippen molar-refractivity contribution in [2.24, 2.45) is 28.6 Å². The maximum atomic E-state index is 11.4. The number of ether oxygens (including phenoxy) is 2. The molecule has 2 N–H and O–H groups in total. The lowest BCUT2D eigenvalue weighted by Gasteiger charge is -2.63. The van der Waals surface area contributed by atoms with Crippen LogP contribution in [0.3, 0.4) is 0 Å². The van der Waals surface area contributed by atoms with E-state index in [1.165, 1.54) is 0 Å². The van der Waals surface area contributed by atoms with E-state index in [2.05, 4.69) is 47.7 Å². The fourth-order valence-corrected chi connectivity index (χ4v) is 9.04. The second-order valence-corrected chi connectivity index (χ2v) is 17.6. The Labute approximate surface area is 190 Å². The molecule has 31 heavy (non-hydrogen) atoms. The molecule has 3 saturated carbocycles. The predicted molar refractivity (Wildman–Crippen MR) is 124 cm³/mol. The van der Waals surface area contributed by atoms with Gasteiger partial charge in [-0.25, -0.2) is 0 Å². The minimum Gasteiger partial charge on any atom is -0.413 e. The maximum Gasteiger partial charge on any atom is 0.192 e. The first-order valence-corrected chi connectivity index (χ1v) is 15.5. The van der Waals surface area contributed by atoms with E-state index in [9.17, 15) is 10.2 Å². The molecule has 4 aliphatic rings. The van der Waals surface area contributed by atoms with Crippen molar-refractivity contribution in [3.8, 4) is 0 Å². The molecule has 0 aromatic carbocycles. The van der Waals surface area contributed by atoms with Gasteiger partial charge in [0.1, 0.15) is 0 Å². The van der Waals surface area contributed by atoms with E-state index < -0.39 is 19.5 Å². The Kier molecular flexibility index (Phi) is 6.06. The second-order valence-electron chi connectivity index (χ2n) is 12.8. The van der Waals surface area contributed by atoms with Gasteiger partial charge in [0.25, 0.3) is 0 Å². The van der Waals surface area contributed by atoms with Crippen LogP contribution >= 0.6 is 0 Å². The minimum absolute atomic E-state index is 0.0203. The van der Waals surface area contributed by atoms with Crippen LogP contribution in [0.5, 0.6) is 0 Å². The third kappa shape index (κ3) is 3.50. The molecule has 0 radical (unpaired) electrons. The zero-order valence-corrected chi connectivity index (χ0v) is 21.9. The maximum absolute atomic E-state index is 11.4. The van der Waals surface area contributed by atoms with Crippen molar-refractivity contribution in [3.05, 3.63) is 0 Å². The van der Waals surface area contributed by atoms with Gasteiger partial charge in [-0.05, 0) is 61.1 Å². The third-order valence-corrected chi connectivity index (χ3v) is 15.0. The Morgan fingerprint density at radius 1 is 1.00 bits per heavy atom.